The van der Waals surface area contributed by atoms with Gasteiger partial charge in [-0.25, -0.2) is 9.97 Å². The van der Waals surface area contributed by atoms with Crippen molar-refractivity contribution in [2.24, 2.45) is 0 Å². The second-order valence-electron chi connectivity index (χ2n) is 7.98. The predicted molar refractivity (Wildman–Crippen MR) is 116 cm³/mol. The largest absolute Gasteiger partial charge is 0.494 e. The Bertz CT molecular complexity index is 1250. The van der Waals surface area contributed by atoms with Gasteiger partial charge in [0, 0.05) is 23.7 Å². The first-order valence-corrected chi connectivity index (χ1v) is 9.76. The first-order chi connectivity index (χ1) is 14.7. The van der Waals surface area contributed by atoms with E-state index in [2.05, 4.69) is 10.1 Å². The molecule has 9 heteroatoms. The molecule has 162 valence electrons. The lowest BCUT2D eigenvalue weighted by molar-refractivity contribution is 0.0577. The van der Waals surface area contributed by atoms with E-state index in [1.54, 1.807) is 48.8 Å². The third kappa shape index (κ3) is 3.79. The monoisotopic (exact) mass is 423 g/mol. The lowest BCUT2D eigenvalue weighted by Crippen LogP contribution is -2.26. The van der Waals surface area contributed by atoms with Crippen LogP contribution in [-0.4, -0.2) is 54.3 Å². The van der Waals surface area contributed by atoms with Crippen molar-refractivity contribution < 1.29 is 19.7 Å². The number of aromatic hydroxyl groups is 1. The fourth-order valence-electron chi connectivity index (χ4n) is 3.60. The van der Waals surface area contributed by atoms with Crippen molar-refractivity contribution in [1.29, 1.82) is 0 Å². The van der Waals surface area contributed by atoms with E-state index < -0.39 is 5.60 Å². The Balaban J connectivity index is 1.78. The number of methoxy groups -OCH3 is 2. The van der Waals surface area contributed by atoms with E-state index >= 15 is 0 Å². The Hall–Kier alpha value is -3.59. The molecule has 4 heterocycles. The van der Waals surface area contributed by atoms with Crippen LogP contribution in [0.25, 0.3) is 27.8 Å². The van der Waals surface area contributed by atoms with Crippen LogP contribution < -0.4 is 9.47 Å². The van der Waals surface area contributed by atoms with Gasteiger partial charge in [-0.3, -0.25) is 9.25 Å². The molecule has 0 unspecified atom stereocenters. The van der Waals surface area contributed by atoms with Gasteiger partial charge in [-0.05, 0) is 39.0 Å². The van der Waals surface area contributed by atoms with Crippen LogP contribution in [0.15, 0.2) is 36.8 Å². The van der Waals surface area contributed by atoms with Gasteiger partial charge in [0.15, 0.2) is 5.75 Å². The SMILES string of the molecule is COc1cc(-c2ccc3c(O)n(-c4cnn(CC(C)(C)O)c4)c(C)c3n2)cnc1OC. The Labute approximate surface area is 179 Å². The minimum Gasteiger partial charge on any atom is -0.494 e. The van der Waals surface area contributed by atoms with Crippen LogP contribution in [-0.2, 0) is 6.54 Å². The Morgan fingerprint density at radius 1 is 1.13 bits per heavy atom. The molecule has 0 aliphatic heterocycles. The van der Waals surface area contributed by atoms with Gasteiger partial charge in [0.1, 0.15) is 0 Å². The molecule has 4 aromatic heterocycles. The van der Waals surface area contributed by atoms with Crippen LogP contribution in [0.4, 0.5) is 0 Å². The Morgan fingerprint density at radius 2 is 1.90 bits per heavy atom. The zero-order valence-corrected chi connectivity index (χ0v) is 18.1. The molecule has 0 aliphatic rings. The van der Waals surface area contributed by atoms with E-state index in [9.17, 15) is 10.2 Å². The highest BCUT2D eigenvalue weighted by atomic mass is 16.5. The highest BCUT2D eigenvalue weighted by Crippen LogP contribution is 2.35. The average molecular weight is 423 g/mol. The van der Waals surface area contributed by atoms with Gasteiger partial charge in [0.25, 0.3) is 5.88 Å². The van der Waals surface area contributed by atoms with Crippen LogP contribution >= 0.6 is 0 Å². The smallest absolute Gasteiger partial charge is 0.256 e. The van der Waals surface area contributed by atoms with E-state index in [0.29, 0.717) is 40.5 Å². The second kappa shape index (κ2) is 7.59. The number of aryl methyl sites for hydroxylation is 1. The first-order valence-electron chi connectivity index (χ1n) is 9.76. The molecule has 0 aliphatic carbocycles. The molecule has 31 heavy (non-hydrogen) atoms. The molecule has 0 spiro atoms. The highest BCUT2D eigenvalue weighted by Gasteiger charge is 2.20. The van der Waals surface area contributed by atoms with Crippen molar-refractivity contribution >= 4 is 10.9 Å². The number of rotatable bonds is 6. The quantitative estimate of drug-likeness (QED) is 0.491. The van der Waals surface area contributed by atoms with Crippen LogP contribution in [0.5, 0.6) is 17.5 Å². The van der Waals surface area contributed by atoms with E-state index in [-0.39, 0.29) is 5.88 Å². The molecule has 0 atom stereocenters. The van der Waals surface area contributed by atoms with Crippen molar-refractivity contribution in [3.05, 3.63) is 42.5 Å². The lowest BCUT2D eigenvalue weighted by atomic mass is 10.1. The van der Waals surface area contributed by atoms with Gasteiger partial charge < -0.3 is 19.7 Å². The van der Waals surface area contributed by atoms with Gasteiger partial charge in [0.05, 0.1) is 54.8 Å². The Morgan fingerprint density at radius 3 is 2.58 bits per heavy atom. The normalized spacial score (nSPS) is 11.8. The molecule has 0 radical (unpaired) electrons. The minimum absolute atomic E-state index is 0.0831. The number of hydrogen-bond acceptors (Lipinski definition) is 7. The minimum atomic E-state index is -0.897. The summed E-state index contributed by atoms with van der Waals surface area (Å²) in [7, 11) is 3.09. The number of ether oxygens (including phenoxy) is 2. The summed E-state index contributed by atoms with van der Waals surface area (Å²) in [6.45, 7) is 5.66. The molecular weight excluding hydrogens is 398 g/mol. The molecule has 4 aromatic rings. The number of aromatic nitrogens is 5. The molecule has 9 nitrogen and oxygen atoms in total. The van der Waals surface area contributed by atoms with Gasteiger partial charge in [-0.1, -0.05) is 0 Å². The molecule has 0 saturated carbocycles. The maximum Gasteiger partial charge on any atom is 0.256 e. The third-order valence-corrected chi connectivity index (χ3v) is 4.98. The van der Waals surface area contributed by atoms with Gasteiger partial charge >= 0.3 is 0 Å². The van der Waals surface area contributed by atoms with Gasteiger partial charge in [0.2, 0.25) is 5.88 Å². The summed E-state index contributed by atoms with van der Waals surface area (Å²) >= 11 is 0. The van der Waals surface area contributed by atoms with Crippen molar-refractivity contribution in [3.8, 4) is 34.5 Å². The molecule has 0 amide bonds. The fourth-order valence-corrected chi connectivity index (χ4v) is 3.60. The summed E-state index contributed by atoms with van der Waals surface area (Å²) in [4.78, 5) is 9.04. The zero-order chi connectivity index (χ0) is 22.3. The molecular formula is C22H25N5O4. The number of hydrogen-bond donors (Lipinski definition) is 2. The van der Waals surface area contributed by atoms with E-state index in [1.165, 1.54) is 7.11 Å². The molecule has 2 N–H and O–H groups in total. The lowest BCUT2D eigenvalue weighted by Gasteiger charge is -2.16. The third-order valence-electron chi connectivity index (χ3n) is 4.98. The fraction of sp³-hybridized carbons (Fsp3) is 0.318. The van der Waals surface area contributed by atoms with Crippen molar-refractivity contribution in [2.45, 2.75) is 32.9 Å². The summed E-state index contributed by atoms with van der Waals surface area (Å²) in [6, 6.07) is 5.47. The van der Waals surface area contributed by atoms with Crippen LogP contribution in [0.3, 0.4) is 0 Å². The van der Waals surface area contributed by atoms with E-state index in [0.717, 1.165) is 11.3 Å². The van der Waals surface area contributed by atoms with Crippen LogP contribution in [0.2, 0.25) is 0 Å². The number of aliphatic hydroxyl groups is 1. The average Bonchev–Trinajstić information content (AvgIpc) is 3.27. The molecule has 0 bridgehead atoms. The summed E-state index contributed by atoms with van der Waals surface area (Å²) in [5.41, 5.74) is 2.69. The zero-order valence-electron chi connectivity index (χ0n) is 18.1. The highest BCUT2D eigenvalue weighted by molar-refractivity contribution is 5.90. The van der Waals surface area contributed by atoms with Gasteiger partial charge in [-0.2, -0.15) is 5.10 Å². The standard InChI is InChI=1S/C22H25N5O4/c1-13-19-16(21(28)27(13)15-10-24-26(11-15)12-22(2,3)29)6-7-17(25-19)14-8-18(30-4)20(31-5)23-9-14/h6-11,28-29H,12H2,1-5H3. The van der Waals surface area contributed by atoms with Gasteiger partial charge in [-0.15, -0.1) is 0 Å². The van der Waals surface area contributed by atoms with E-state index in [4.69, 9.17) is 14.5 Å². The van der Waals surface area contributed by atoms with Crippen molar-refractivity contribution in [1.82, 2.24) is 24.3 Å². The van der Waals surface area contributed by atoms with Crippen LogP contribution in [0, 0.1) is 6.92 Å². The number of fused-ring (bicyclic) bond motifs is 1. The molecule has 0 aromatic carbocycles. The number of nitrogens with zero attached hydrogens (tertiary/aromatic N) is 5. The molecule has 0 fully saturated rings. The maximum atomic E-state index is 10.9. The first kappa shape index (κ1) is 20.7. The Kier molecular flexibility index (Phi) is 5.06. The predicted octanol–water partition coefficient (Wildman–Crippen LogP) is 3.09. The summed E-state index contributed by atoms with van der Waals surface area (Å²) < 4.78 is 13.9. The van der Waals surface area contributed by atoms with Crippen molar-refractivity contribution in [2.75, 3.05) is 14.2 Å². The summed E-state index contributed by atoms with van der Waals surface area (Å²) in [5, 5.41) is 25.8. The van der Waals surface area contributed by atoms with Crippen molar-refractivity contribution in [3.63, 3.8) is 0 Å². The maximum absolute atomic E-state index is 10.9. The molecule has 4 rings (SSSR count). The summed E-state index contributed by atoms with van der Waals surface area (Å²) in [5.74, 6) is 0.994. The molecule has 0 saturated heterocycles. The second-order valence-corrected chi connectivity index (χ2v) is 7.98. The van der Waals surface area contributed by atoms with Crippen LogP contribution in [0.1, 0.15) is 19.5 Å². The topological polar surface area (TPSA) is 107 Å². The summed E-state index contributed by atoms with van der Waals surface area (Å²) in [6.07, 6.45) is 5.10. The number of pyridine rings is 2. The van der Waals surface area contributed by atoms with E-state index in [1.807, 2.05) is 25.1 Å².